The molecule has 2 aromatic heterocycles. The Bertz CT molecular complexity index is 541. The third-order valence-corrected chi connectivity index (χ3v) is 3.28. The smallest absolute Gasteiger partial charge is 0.255 e. The Morgan fingerprint density at radius 2 is 2.53 bits per heavy atom. The molecule has 1 fully saturated rings. The number of nitrogens with one attached hydrogen (secondary N) is 2. The van der Waals surface area contributed by atoms with Gasteiger partial charge >= 0.3 is 0 Å². The van der Waals surface area contributed by atoms with Crippen LogP contribution in [0.1, 0.15) is 34.0 Å². The molecule has 0 saturated carbocycles. The molecule has 19 heavy (non-hydrogen) atoms. The summed E-state index contributed by atoms with van der Waals surface area (Å²) < 4.78 is 10.3. The number of rotatable bonds is 4. The van der Waals surface area contributed by atoms with Crippen LogP contribution in [0.25, 0.3) is 0 Å². The first-order valence-electron chi connectivity index (χ1n) is 6.25. The van der Waals surface area contributed by atoms with Crippen LogP contribution in [0, 0.1) is 0 Å². The van der Waals surface area contributed by atoms with E-state index in [1.165, 1.54) is 0 Å². The molecule has 1 atom stereocenters. The van der Waals surface area contributed by atoms with E-state index >= 15 is 0 Å². The summed E-state index contributed by atoms with van der Waals surface area (Å²) in [5, 5.41) is 9.74. The summed E-state index contributed by atoms with van der Waals surface area (Å²) >= 11 is 0. The largest absolute Gasteiger partial charge is 0.472 e. The van der Waals surface area contributed by atoms with Crippen LogP contribution in [0.4, 0.5) is 0 Å². The molecule has 1 aliphatic heterocycles. The zero-order chi connectivity index (χ0) is 13.1. The van der Waals surface area contributed by atoms with Crippen LogP contribution in [0.3, 0.4) is 0 Å². The first-order valence-corrected chi connectivity index (χ1v) is 6.25. The van der Waals surface area contributed by atoms with E-state index in [-0.39, 0.29) is 11.8 Å². The number of carbonyl (C=O) groups excluding carboxylic acids is 1. The molecule has 1 aliphatic rings. The Labute approximate surface area is 110 Å². The summed E-state index contributed by atoms with van der Waals surface area (Å²) in [6, 6.07) is 1.82. The molecule has 0 aromatic carbocycles. The first-order chi connectivity index (χ1) is 9.34. The minimum Gasteiger partial charge on any atom is -0.472 e. The molecule has 3 heterocycles. The van der Waals surface area contributed by atoms with Crippen LogP contribution < -0.4 is 5.32 Å². The van der Waals surface area contributed by atoms with Gasteiger partial charge in [0, 0.05) is 24.6 Å². The molecule has 0 bridgehead atoms. The number of hydrogen-bond acceptors (Lipinski definition) is 4. The Hall–Kier alpha value is -2.08. The van der Waals surface area contributed by atoms with E-state index in [0.29, 0.717) is 18.7 Å². The summed E-state index contributed by atoms with van der Waals surface area (Å²) in [4.78, 5) is 12.1. The minimum absolute atomic E-state index is 0.128. The van der Waals surface area contributed by atoms with Gasteiger partial charge in [0.15, 0.2) is 0 Å². The van der Waals surface area contributed by atoms with Gasteiger partial charge in [-0.25, -0.2) is 0 Å². The van der Waals surface area contributed by atoms with Crippen LogP contribution in [0.2, 0.25) is 0 Å². The Kier molecular flexibility index (Phi) is 3.33. The van der Waals surface area contributed by atoms with E-state index < -0.39 is 0 Å². The lowest BCUT2D eigenvalue weighted by atomic mass is 10.0. The van der Waals surface area contributed by atoms with Gasteiger partial charge in [0.25, 0.3) is 5.91 Å². The highest BCUT2D eigenvalue weighted by atomic mass is 16.5. The van der Waals surface area contributed by atoms with Crippen LogP contribution in [0.15, 0.2) is 29.2 Å². The van der Waals surface area contributed by atoms with Gasteiger partial charge in [0.2, 0.25) is 0 Å². The molecule has 3 rings (SSSR count). The fourth-order valence-corrected chi connectivity index (χ4v) is 2.22. The second-order valence-electron chi connectivity index (χ2n) is 4.57. The van der Waals surface area contributed by atoms with Gasteiger partial charge in [0.1, 0.15) is 0 Å². The number of nitrogens with zero attached hydrogens (tertiary/aromatic N) is 1. The number of hydrogen-bond donors (Lipinski definition) is 2. The van der Waals surface area contributed by atoms with E-state index in [1.807, 2.05) is 6.07 Å². The predicted molar refractivity (Wildman–Crippen MR) is 66.6 cm³/mol. The van der Waals surface area contributed by atoms with Crippen molar-refractivity contribution in [1.29, 1.82) is 0 Å². The van der Waals surface area contributed by atoms with Gasteiger partial charge in [0.05, 0.1) is 36.6 Å². The average molecular weight is 261 g/mol. The maximum Gasteiger partial charge on any atom is 0.255 e. The monoisotopic (exact) mass is 261 g/mol. The second-order valence-corrected chi connectivity index (χ2v) is 4.57. The summed E-state index contributed by atoms with van der Waals surface area (Å²) in [7, 11) is 0. The first kappa shape index (κ1) is 12.0. The summed E-state index contributed by atoms with van der Waals surface area (Å²) in [6.07, 6.45) is 5.69. The molecule has 6 heteroatoms. The maximum atomic E-state index is 12.1. The van der Waals surface area contributed by atoms with Crippen molar-refractivity contribution in [3.05, 3.63) is 41.6 Å². The van der Waals surface area contributed by atoms with E-state index in [4.69, 9.17) is 9.15 Å². The van der Waals surface area contributed by atoms with E-state index in [0.717, 1.165) is 24.3 Å². The lowest BCUT2D eigenvalue weighted by Crippen LogP contribution is -2.23. The highest BCUT2D eigenvalue weighted by Gasteiger charge is 2.25. The summed E-state index contributed by atoms with van der Waals surface area (Å²) in [6.45, 7) is 1.82. The van der Waals surface area contributed by atoms with Crippen molar-refractivity contribution < 1.29 is 13.9 Å². The zero-order valence-electron chi connectivity index (χ0n) is 10.4. The van der Waals surface area contributed by atoms with Crippen LogP contribution in [0.5, 0.6) is 0 Å². The molecule has 0 aliphatic carbocycles. The lowest BCUT2D eigenvalue weighted by Gasteiger charge is -2.08. The van der Waals surface area contributed by atoms with Crippen LogP contribution >= 0.6 is 0 Å². The minimum atomic E-state index is -0.128. The molecule has 1 amide bonds. The van der Waals surface area contributed by atoms with Crippen LogP contribution in [-0.4, -0.2) is 29.3 Å². The van der Waals surface area contributed by atoms with Gasteiger partial charge in [-0.2, -0.15) is 5.10 Å². The van der Waals surface area contributed by atoms with Crippen molar-refractivity contribution in [2.75, 3.05) is 13.2 Å². The molecule has 0 radical (unpaired) electrons. The van der Waals surface area contributed by atoms with Gasteiger partial charge in [-0.05, 0) is 12.5 Å². The molecule has 6 nitrogen and oxygen atoms in total. The fourth-order valence-electron chi connectivity index (χ4n) is 2.22. The normalized spacial score (nSPS) is 18.6. The highest BCUT2D eigenvalue weighted by Crippen LogP contribution is 2.25. The van der Waals surface area contributed by atoms with Crippen molar-refractivity contribution >= 4 is 5.91 Å². The molecule has 2 aromatic rings. The average Bonchev–Trinajstić information content (AvgIpc) is 3.14. The van der Waals surface area contributed by atoms with E-state index in [9.17, 15) is 4.79 Å². The predicted octanol–water partition coefficient (Wildman–Crippen LogP) is 1.44. The van der Waals surface area contributed by atoms with Gasteiger partial charge in [-0.15, -0.1) is 0 Å². The molecule has 1 saturated heterocycles. The van der Waals surface area contributed by atoms with Gasteiger partial charge < -0.3 is 14.5 Å². The third kappa shape index (κ3) is 2.53. The van der Waals surface area contributed by atoms with Crippen molar-refractivity contribution in [2.24, 2.45) is 0 Å². The number of ether oxygens (including phenoxy) is 1. The SMILES string of the molecule is O=C(NCc1ccoc1)c1cn[nH]c1C1CCOC1. The lowest BCUT2D eigenvalue weighted by molar-refractivity contribution is 0.0949. The number of aromatic nitrogens is 2. The maximum absolute atomic E-state index is 12.1. The van der Waals surface area contributed by atoms with Crippen molar-refractivity contribution in [1.82, 2.24) is 15.5 Å². The summed E-state index contributed by atoms with van der Waals surface area (Å²) in [5.41, 5.74) is 2.39. The standard InChI is InChI=1S/C13H15N3O3/c17-13(14-5-9-1-3-18-7-9)11-6-15-16-12(11)10-2-4-19-8-10/h1,3,6-7,10H,2,4-5,8H2,(H,14,17)(H,15,16). The van der Waals surface area contributed by atoms with Crippen molar-refractivity contribution in [2.45, 2.75) is 18.9 Å². The Morgan fingerprint density at radius 3 is 3.26 bits per heavy atom. The van der Waals surface area contributed by atoms with Crippen molar-refractivity contribution in [3.63, 3.8) is 0 Å². The fraction of sp³-hybridized carbons (Fsp3) is 0.385. The quantitative estimate of drug-likeness (QED) is 0.872. The zero-order valence-corrected chi connectivity index (χ0v) is 10.4. The molecular formula is C13H15N3O3. The summed E-state index contributed by atoms with van der Waals surface area (Å²) in [5.74, 6) is 0.106. The number of H-pyrrole nitrogens is 1. The third-order valence-electron chi connectivity index (χ3n) is 3.28. The van der Waals surface area contributed by atoms with E-state index in [2.05, 4.69) is 15.5 Å². The number of aromatic amines is 1. The molecule has 1 unspecified atom stereocenters. The molecule has 2 N–H and O–H groups in total. The van der Waals surface area contributed by atoms with E-state index in [1.54, 1.807) is 18.7 Å². The van der Waals surface area contributed by atoms with Crippen LogP contribution in [-0.2, 0) is 11.3 Å². The Morgan fingerprint density at radius 1 is 1.58 bits per heavy atom. The number of furan rings is 1. The molecule has 100 valence electrons. The molecule has 0 spiro atoms. The van der Waals surface area contributed by atoms with Crippen molar-refractivity contribution in [3.8, 4) is 0 Å². The number of amides is 1. The van der Waals surface area contributed by atoms with Gasteiger partial charge in [-0.3, -0.25) is 9.89 Å². The Balaban J connectivity index is 1.67. The molecular weight excluding hydrogens is 246 g/mol. The highest BCUT2D eigenvalue weighted by molar-refractivity contribution is 5.95. The topological polar surface area (TPSA) is 80.2 Å². The van der Waals surface area contributed by atoms with Gasteiger partial charge in [-0.1, -0.05) is 0 Å². The number of carbonyl (C=O) groups is 1. The second kappa shape index (κ2) is 5.27.